The van der Waals surface area contributed by atoms with E-state index in [9.17, 15) is 14.7 Å². The third-order valence-corrected chi connectivity index (χ3v) is 5.80. The van der Waals surface area contributed by atoms with Crippen LogP contribution in [0.3, 0.4) is 0 Å². The molecule has 0 aliphatic carbocycles. The number of ether oxygens (including phenoxy) is 2. The zero-order valence-electron chi connectivity index (χ0n) is 21.3. The number of hydrogen-bond donors (Lipinski definition) is 1. The van der Waals surface area contributed by atoms with Crippen molar-refractivity contribution in [3.05, 3.63) is 89.0 Å². The molecule has 36 heavy (non-hydrogen) atoms. The van der Waals surface area contributed by atoms with Gasteiger partial charge in [0.2, 0.25) is 0 Å². The average Bonchev–Trinajstić information content (AvgIpc) is 2.88. The van der Waals surface area contributed by atoms with E-state index in [2.05, 4.69) is 13.0 Å². The minimum Gasteiger partial charge on any atom is -0.497 e. The number of aliphatic carboxylic acids is 1. The predicted octanol–water partition coefficient (Wildman–Crippen LogP) is 6.30. The number of carbonyl (C=O) groups excluding carboxylic acids is 1. The molecule has 0 aliphatic rings. The van der Waals surface area contributed by atoms with Gasteiger partial charge in [0.1, 0.15) is 11.5 Å². The van der Waals surface area contributed by atoms with Gasteiger partial charge in [-0.15, -0.1) is 0 Å². The van der Waals surface area contributed by atoms with Gasteiger partial charge in [-0.2, -0.15) is 0 Å². The summed E-state index contributed by atoms with van der Waals surface area (Å²) in [5, 5.41) is 9.23. The molecule has 3 aromatic carbocycles. The average molecular weight is 488 g/mol. The van der Waals surface area contributed by atoms with Crippen molar-refractivity contribution in [3.63, 3.8) is 0 Å². The van der Waals surface area contributed by atoms with E-state index in [1.807, 2.05) is 42.5 Å². The van der Waals surface area contributed by atoms with Crippen molar-refractivity contribution >= 4 is 18.0 Å². The highest BCUT2D eigenvalue weighted by Crippen LogP contribution is 2.33. The predicted molar refractivity (Wildman–Crippen MR) is 142 cm³/mol. The smallest absolute Gasteiger partial charge is 0.331 e. The van der Waals surface area contributed by atoms with Crippen molar-refractivity contribution < 1.29 is 24.2 Å². The number of carboxylic acid groups (broad SMARTS) is 1. The van der Waals surface area contributed by atoms with E-state index in [1.54, 1.807) is 50.3 Å². The van der Waals surface area contributed by atoms with Gasteiger partial charge in [0.15, 0.2) is 0 Å². The number of carbonyl (C=O) groups is 2. The molecule has 0 unspecified atom stereocenters. The SMILES string of the molecule is CCCCOc1cc(C=C(C)C(=O)O)ccc1-c1cccc(CN(C)C(=O)c2cccc(OC)c2)c1. The van der Waals surface area contributed by atoms with Gasteiger partial charge in [0.05, 0.1) is 13.7 Å². The molecular formula is C30H33NO5. The molecule has 0 atom stereocenters. The molecule has 0 aliphatic heterocycles. The Morgan fingerprint density at radius 2 is 1.81 bits per heavy atom. The molecule has 0 fully saturated rings. The Kier molecular flexibility index (Phi) is 9.28. The maximum atomic E-state index is 12.9. The number of methoxy groups -OCH3 is 1. The number of nitrogens with zero attached hydrogens (tertiary/aromatic N) is 1. The Bertz CT molecular complexity index is 1250. The molecule has 1 N–H and O–H groups in total. The lowest BCUT2D eigenvalue weighted by Crippen LogP contribution is -2.26. The van der Waals surface area contributed by atoms with E-state index >= 15 is 0 Å². The Balaban J connectivity index is 1.87. The number of amides is 1. The molecule has 0 heterocycles. The fourth-order valence-corrected chi connectivity index (χ4v) is 3.78. The fraction of sp³-hybridized carbons (Fsp3) is 0.267. The molecule has 0 saturated carbocycles. The van der Waals surface area contributed by atoms with Crippen molar-refractivity contribution in [2.75, 3.05) is 20.8 Å². The van der Waals surface area contributed by atoms with Crippen LogP contribution in [0.1, 0.15) is 48.2 Å². The van der Waals surface area contributed by atoms with Crippen molar-refractivity contribution in [2.45, 2.75) is 33.2 Å². The van der Waals surface area contributed by atoms with E-state index in [0.29, 0.717) is 30.2 Å². The summed E-state index contributed by atoms with van der Waals surface area (Å²) in [4.78, 5) is 25.9. The summed E-state index contributed by atoms with van der Waals surface area (Å²) < 4.78 is 11.3. The van der Waals surface area contributed by atoms with Crippen LogP contribution < -0.4 is 9.47 Å². The van der Waals surface area contributed by atoms with E-state index < -0.39 is 5.97 Å². The van der Waals surface area contributed by atoms with E-state index in [0.717, 1.165) is 35.1 Å². The first-order valence-corrected chi connectivity index (χ1v) is 12.0. The molecule has 188 valence electrons. The largest absolute Gasteiger partial charge is 0.497 e. The third kappa shape index (κ3) is 6.98. The van der Waals surface area contributed by atoms with Gasteiger partial charge in [-0.1, -0.05) is 49.7 Å². The van der Waals surface area contributed by atoms with E-state index in [1.165, 1.54) is 0 Å². The number of hydrogen-bond acceptors (Lipinski definition) is 4. The second-order valence-corrected chi connectivity index (χ2v) is 8.68. The Morgan fingerprint density at radius 1 is 1.03 bits per heavy atom. The highest BCUT2D eigenvalue weighted by molar-refractivity contribution is 5.94. The normalized spacial score (nSPS) is 11.2. The zero-order chi connectivity index (χ0) is 26.1. The van der Waals surface area contributed by atoms with Crippen LogP contribution in [0.4, 0.5) is 0 Å². The minimum atomic E-state index is -0.951. The van der Waals surface area contributed by atoms with Crippen molar-refractivity contribution in [2.24, 2.45) is 0 Å². The third-order valence-electron chi connectivity index (χ3n) is 5.80. The maximum absolute atomic E-state index is 12.9. The molecule has 3 aromatic rings. The second-order valence-electron chi connectivity index (χ2n) is 8.68. The van der Waals surface area contributed by atoms with Crippen LogP contribution in [0.25, 0.3) is 17.2 Å². The van der Waals surface area contributed by atoms with Gasteiger partial charge in [0.25, 0.3) is 5.91 Å². The first-order valence-electron chi connectivity index (χ1n) is 12.0. The van der Waals surface area contributed by atoms with Crippen LogP contribution in [0.15, 0.2) is 72.3 Å². The zero-order valence-corrected chi connectivity index (χ0v) is 21.3. The molecule has 6 heteroatoms. The van der Waals surface area contributed by atoms with Crippen molar-refractivity contribution in [3.8, 4) is 22.6 Å². The van der Waals surface area contributed by atoms with E-state index in [4.69, 9.17) is 9.47 Å². The quantitative estimate of drug-likeness (QED) is 0.254. The summed E-state index contributed by atoms with van der Waals surface area (Å²) in [6, 6.07) is 20.9. The summed E-state index contributed by atoms with van der Waals surface area (Å²) in [5.41, 5.74) is 4.46. The molecule has 0 bridgehead atoms. The highest BCUT2D eigenvalue weighted by atomic mass is 16.5. The second kappa shape index (κ2) is 12.6. The lowest BCUT2D eigenvalue weighted by atomic mass is 9.99. The van der Waals surface area contributed by atoms with E-state index in [-0.39, 0.29) is 11.5 Å². The van der Waals surface area contributed by atoms with Gasteiger partial charge in [-0.3, -0.25) is 4.79 Å². The van der Waals surface area contributed by atoms with Gasteiger partial charge in [0, 0.05) is 30.3 Å². The number of carboxylic acids is 1. The van der Waals surface area contributed by atoms with Gasteiger partial charge < -0.3 is 19.5 Å². The van der Waals surface area contributed by atoms with Gasteiger partial charge in [-0.05, 0) is 66.4 Å². The molecule has 0 spiro atoms. The highest BCUT2D eigenvalue weighted by Gasteiger charge is 2.14. The lowest BCUT2D eigenvalue weighted by molar-refractivity contribution is -0.132. The Morgan fingerprint density at radius 3 is 2.53 bits per heavy atom. The number of rotatable bonds is 11. The summed E-state index contributed by atoms with van der Waals surface area (Å²) in [6.45, 7) is 4.69. The monoisotopic (exact) mass is 487 g/mol. The number of unbranched alkanes of at least 4 members (excludes halogenated alkanes) is 1. The summed E-state index contributed by atoms with van der Waals surface area (Å²) >= 11 is 0. The summed E-state index contributed by atoms with van der Waals surface area (Å²) in [7, 11) is 3.36. The van der Waals surface area contributed by atoms with Crippen LogP contribution in [0.2, 0.25) is 0 Å². The van der Waals surface area contributed by atoms with Crippen LogP contribution in [-0.2, 0) is 11.3 Å². The minimum absolute atomic E-state index is 0.0900. The fourth-order valence-electron chi connectivity index (χ4n) is 3.78. The topological polar surface area (TPSA) is 76.1 Å². The van der Waals surface area contributed by atoms with Crippen LogP contribution in [0.5, 0.6) is 11.5 Å². The molecule has 3 rings (SSSR count). The lowest BCUT2D eigenvalue weighted by Gasteiger charge is -2.19. The Hall–Kier alpha value is -4.06. The molecule has 0 aromatic heterocycles. The Labute approximate surface area is 212 Å². The maximum Gasteiger partial charge on any atom is 0.331 e. The molecule has 0 saturated heterocycles. The summed E-state index contributed by atoms with van der Waals surface area (Å²) in [5.74, 6) is 0.303. The molecular weight excluding hydrogens is 454 g/mol. The molecule has 1 amide bonds. The van der Waals surface area contributed by atoms with Crippen LogP contribution >= 0.6 is 0 Å². The van der Waals surface area contributed by atoms with Crippen molar-refractivity contribution in [1.82, 2.24) is 4.90 Å². The van der Waals surface area contributed by atoms with Gasteiger partial charge in [-0.25, -0.2) is 4.79 Å². The molecule has 6 nitrogen and oxygen atoms in total. The molecule has 0 radical (unpaired) electrons. The standard InChI is InChI=1S/C30H33NO5/c1-5-6-15-36-28-18-22(16-21(2)30(33)34)13-14-27(28)24-10-7-9-23(17-24)20-31(3)29(32)25-11-8-12-26(19-25)35-4/h7-14,16-19H,5-6,15,20H2,1-4H3,(H,33,34). The summed E-state index contributed by atoms with van der Waals surface area (Å²) in [6.07, 6.45) is 3.56. The number of benzene rings is 3. The van der Waals surface area contributed by atoms with Gasteiger partial charge >= 0.3 is 5.97 Å². The van der Waals surface area contributed by atoms with Crippen LogP contribution in [-0.4, -0.2) is 42.6 Å². The first-order chi connectivity index (χ1) is 17.3. The first kappa shape index (κ1) is 26.5. The van der Waals surface area contributed by atoms with Crippen molar-refractivity contribution in [1.29, 1.82) is 0 Å². The van der Waals surface area contributed by atoms with Crippen LogP contribution in [0, 0.1) is 0 Å².